The molecule has 0 unspecified atom stereocenters. The van der Waals surface area contributed by atoms with Crippen molar-refractivity contribution in [2.75, 3.05) is 4.90 Å². The summed E-state index contributed by atoms with van der Waals surface area (Å²) in [7, 11) is 0. The molecule has 0 spiro atoms. The molecule has 0 bridgehead atoms. The first-order valence-electron chi connectivity index (χ1n) is 6.65. The summed E-state index contributed by atoms with van der Waals surface area (Å²) in [6.45, 7) is 1.84. The lowest BCUT2D eigenvalue weighted by Crippen LogP contribution is -2.28. The Morgan fingerprint density at radius 1 is 1.09 bits per heavy atom. The average molecular weight is 313 g/mol. The lowest BCUT2D eigenvalue weighted by atomic mass is 10.1. The maximum Gasteiger partial charge on any atom is 0.298 e. The van der Waals surface area contributed by atoms with Crippen LogP contribution < -0.4 is 4.90 Å². The van der Waals surface area contributed by atoms with E-state index in [-0.39, 0.29) is 17.0 Å². The van der Waals surface area contributed by atoms with Crippen molar-refractivity contribution in [2.45, 2.75) is 6.92 Å². The third kappa shape index (κ3) is 2.67. The van der Waals surface area contributed by atoms with Crippen LogP contribution in [0.1, 0.15) is 11.1 Å². The van der Waals surface area contributed by atoms with Crippen molar-refractivity contribution in [2.24, 2.45) is 0 Å². The summed E-state index contributed by atoms with van der Waals surface area (Å²) in [5.41, 5.74) is 1.97. The van der Waals surface area contributed by atoms with Gasteiger partial charge in [-0.1, -0.05) is 30.3 Å². The number of benzene rings is 2. The van der Waals surface area contributed by atoms with Gasteiger partial charge in [0.15, 0.2) is 0 Å². The molecular formula is C17H12FNO2S. The maximum absolute atomic E-state index is 13.2. The molecule has 0 aliphatic carbocycles. The molecule has 1 aliphatic rings. The molecule has 1 fully saturated rings. The van der Waals surface area contributed by atoms with Gasteiger partial charge in [-0.05, 0) is 54.1 Å². The van der Waals surface area contributed by atoms with Crippen LogP contribution in [0.5, 0.6) is 0 Å². The van der Waals surface area contributed by atoms with Crippen LogP contribution in [-0.2, 0) is 4.79 Å². The van der Waals surface area contributed by atoms with E-state index >= 15 is 0 Å². The van der Waals surface area contributed by atoms with E-state index in [1.54, 1.807) is 24.3 Å². The first-order chi connectivity index (χ1) is 10.6. The second-order valence-corrected chi connectivity index (χ2v) is 5.85. The molecule has 2 aromatic rings. The Hall–Kier alpha value is -2.40. The molecule has 0 N–H and O–H groups in total. The zero-order chi connectivity index (χ0) is 15.7. The smallest absolute Gasteiger partial charge is 0.268 e. The van der Waals surface area contributed by atoms with Gasteiger partial charge in [0.1, 0.15) is 5.82 Å². The van der Waals surface area contributed by atoms with E-state index in [4.69, 9.17) is 0 Å². The highest BCUT2D eigenvalue weighted by Crippen LogP contribution is 2.36. The third-order valence-corrected chi connectivity index (χ3v) is 4.17. The Bertz CT molecular complexity index is 801. The summed E-state index contributed by atoms with van der Waals surface area (Å²) in [5, 5.41) is -0.345. The molecule has 3 nitrogen and oxygen atoms in total. The van der Waals surface area contributed by atoms with Crippen molar-refractivity contribution in [1.29, 1.82) is 0 Å². The summed E-state index contributed by atoms with van der Waals surface area (Å²) in [6, 6.07) is 13.1. The van der Waals surface area contributed by atoms with Crippen LogP contribution in [0.25, 0.3) is 6.08 Å². The van der Waals surface area contributed by atoms with E-state index in [9.17, 15) is 14.0 Å². The highest BCUT2D eigenvalue weighted by atomic mass is 32.2. The van der Waals surface area contributed by atoms with Gasteiger partial charge in [-0.2, -0.15) is 0 Å². The van der Waals surface area contributed by atoms with Crippen LogP contribution >= 0.6 is 11.8 Å². The molecule has 1 heterocycles. The van der Waals surface area contributed by atoms with Crippen LogP contribution in [0.4, 0.5) is 14.9 Å². The van der Waals surface area contributed by atoms with E-state index in [1.807, 2.05) is 19.1 Å². The number of nitrogens with zero attached hydrogens (tertiary/aromatic N) is 1. The molecule has 0 radical (unpaired) electrons. The standard InChI is InChI=1S/C17H12FNO2S/c1-11-5-2-3-8-14(11)19-16(20)15(22-17(19)21)10-12-6-4-7-13(18)9-12/h2-10H,1H3/b15-10-. The molecule has 2 aromatic carbocycles. The second-order valence-electron chi connectivity index (χ2n) is 4.86. The molecule has 1 saturated heterocycles. The Morgan fingerprint density at radius 3 is 2.59 bits per heavy atom. The number of para-hydroxylation sites is 1. The predicted molar refractivity (Wildman–Crippen MR) is 86.0 cm³/mol. The van der Waals surface area contributed by atoms with Gasteiger partial charge in [0.25, 0.3) is 11.1 Å². The fourth-order valence-corrected chi connectivity index (χ4v) is 3.07. The van der Waals surface area contributed by atoms with Crippen LogP contribution in [0.15, 0.2) is 53.4 Å². The SMILES string of the molecule is Cc1ccccc1N1C(=O)S/C(=C\c2cccc(F)c2)C1=O. The van der Waals surface area contributed by atoms with Crippen molar-refractivity contribution >= 4 is 34.7 Å². The minimum Gasteiger partial charge on any atom is -0.268 e. The first kappa shape index (κ1) is 14.5. The van der Waals surface area contributed by atoms with E-state index in [1.165, 1.54) is 18.2 Å². The number of halogens is 1. The lowest BCUT2D eigenvalue weighted by molar-refractivity contribution is -0.113. The van der Waals surface area contributed by atoms with Gasteiger partial charge in [-0.3, -0.25) is 9.59 Å². The van der Waals surface area contributed by atoms with Crippen molar-refractivity contribution in [3.63, 3.8) is 0 Å². The van der Waals surface area contributed by atoms with Crippen LogP contribution in [0, 0.1) is 12.7 Å². The van der Waals surface area contributed by atoms with Crippen molar-refractivity contribution in [1.82, 2.24) is 0 Å². The number of rotatable bonds is 2. The molecule has 22 heavy (non-hydrogen) atoms. The molecule has 110 valence electrons. The number of anilines is 1. The number of carbonyl (C=O) groups is 2. The van der Waals surface area contributed by atoms with Crippen LogP contribution in [0.2, 0.25) is 0 Å². The molecular weight excluding hydrogens is 301 g/mol. The summed E-state index contributed by atoms with van der Waals surface area (Å²) in [4.78, 5) is 26.1. The summed E-state index contributed by atoms with van der Waals surface area (Å²) in [6.07, 6.45) is 1.53. The molecule has 1 aliphatic heterocycles. The Kier molecular flexibility index (Phi) is 3.81. The molecule has 0 aromatic heterocycles. The highest BCUT2D eigenvalue weighted by Gasteiger charge is 2.36. The number of aryl methyl sites for hydroxylation is 1. The number of hydrogen-bond donors (Lipinski definition) is 0. The van der Waals surface area contributed by atoms with Gasteiger partial charge < -0.3 is 0 Å². The monoisotopic (exact) mass is 313 g/mol. The average Bonchev–Trinajstić information content (AvgIpc) is 2.74. The van der Waals surface area contributed by atoms with Gasteiger partial charge in [0, 0.05) is 0 Å². The Balaban J connectivity index is 1.97. The normalized spacial score (nSPS) is 16.6. The second kappa shape index (κ2) is 5.77. The first-order valence-corrected chi connectivity index (χ1v) is 7.47. The van der Waals surface area contributed by atoms with Gasteiger partial charge in [0.05, 0.1) is 10.6 Å². The third-order valence-electron chi connectivity index (χ3n) is 3.30. The number of imide groups is 1. The van der Waals surface area contributed by atoms with Gasteiger partial charge >= 0.3 is 0 Å². The van der Waals surface area contributed by atoms with Gasteiger partial charge in [-0.15, -0.1) is 0 Å². The highest BCUT2D eigenvalue weighted by molar-refractivity contribution is 8.19. The lowest BCUT2D eigenvalue weighted by Gasteiger charge is -2.14. The molecule has 0 atom stereocenters. The van der Waals surface area contributed by atoms with Gasteiger partial charge in [-0.25, -0.2) is 9.29 Å². The number of carbonyl (C=O) groups excluding carboxylic acids is 2. The molecule has 2 amide bonds. The largest absolute Gasteiger partial charge is 0.298 e. The minimum atomic E-state index is -0.383. The fraction of sp³-hybridized carbons (Fsp3) is 0.0588. The number of hydrogen-bond acceptors (Lipinski definition) is 3. The fourth-order valence-electron chi connectivity index (χ4n) is 2.24. The topological polar surface area (TPSA) is 37.4 Å². The van der Waals surface area contributed by atoms with Crippen molar-refractivity contribution in [3.05, 3.63) is 70.4 Å². The number of thioether (sulfide) groups is 1. The van der Waals surface area contributed by atoms with E-state index in [0.29, 0.717) is 16.2 Å². The summed E-state index contributed by atoms with van der Waals surface area (Å²) < 4.78 is 13.2. The van der Waals surface area contributed by atoms with E-state index in [2.05, 4.69) is 0 Å². The van der Waals surface area contributed by atoms with Crippen LogP contribution in [-0.4, -0.2) is 11.1 Å². The predicted octanol–water partition coefficient (Wildman–Crippen LogP) is 4.38. The van der Waals surface area contributed by atoms with E-state index < -0.39 is 0 Å². The van der Waals surface area contributed by atoms with Crippen LogP contribution in [0.3, 0.4) is 0 Å². The zero-order valence-corrected chi connectivity index (χ0v) is 12.6. The maximum atomic E-state index is 13.2. The minimum absolute atomic E-state index is 0.291. The molecule has 3 rings (SSSR count). The molecule has 5 heteroatoms. The van der Waals surface area contributed by atoms with E-state index in [0.717, 1.165) is 22.2 Å². The van der Waals surface area contributed by atoms with Crippen molar-refractivity contribution in [3.8, 4) is 0 Å². The zero-order valence-electron chi connectivity index (χ0n) is 11.7. The molecule has 0 saturated carbocycles. The number of amides is 2. The summed E-state index contributed by atoms with van der Waals surface area (Å²) >= 11 is 0.862. The van der Waals surface area contributed by atoms with Gasteiger partial charge in [0.2, 0.25) is 0 Å². The summed E-state index contributed by atoms with van der Waals surface area (Å²) in [5.74, 6) is -0.763. The van der Waals surface area contributed by atoms with Crippen molar-refractivity contribution < 1.29 is 14.0 Å². The Morgan fingerprint density at radius 2 is 1.86 bits per heavy atom. The Labute approximate surface area is 131 Å². The quantitative estimate of drug-likeness (QED) is 0.772.